The molecule has 1 fully saturated rings. The van der Waals surface area contributed by atoms with Crippen LogP contribution in [0.1, 0.15) is 44.8 Å². The zero-order valence-corrected chi connectivity index (χ0v) is 15.9. The van der Waals surface area contributed by atoms with E-state index < -0.39 is 11.6 Å². The van der Waals surface area contributed by atoms with Crippen LogP contribution in [0, 0.1) is 17.6 Å². The number of ether oxygens (including phenoxy) is 2. The van der Waals surface area contributed by atoms with Crippen LogP contribution >= 0.6 is 0 Å². The quantitative estimate of drug-likeness (QED) is 0.541. The SMILES string of the molecule is CCC=CC1CC[C@@H](c2ccc(-c3ccc(OCC)c(F)c3F)cc2)OC1. The molecule has 0 saturated carbocycles. The van der Waals surface area contributed by atoms with Crippen LogP contribution in [0.5, 0.6) is 5.75 Å². The van der Waals surface area contributed by atoms with Crippen molar-refractivity contribution >= 4 is 0 Å². The van der Waals surface area contributed by atoms with E-state index in [1.165, 1.54) is 6.07 Å². The fourth-order valence-corrected chi connectivity index (χ4v) is 3.41. The highest BCUT2D eigenvalue weighted by molar-refractivity contribution is 5.65. The van der Waals surface area contributed by atoms with Crippen molar-refractivity contribution in [2.45, 2.75) is 39.2 Å². The summed E-state index contributed by atoms with van der Waals surface area (Å²) in [6.45, 7) is 4.88. The standard InChI is InChI=1S/C23H26F2O2/c1-3-5-6-16-7-13-20(27-15-16)18-10-8-17(9-11-18)19-12-14-21(26-4-2)23(25)22(19)24/h5-6,8-12,14,16,20H,3-4,7,13,15H2,1-2H3/t16?,20-/m0/s1. The van der Waals surface area contributed by atoms with Gasteiger partial charge in [-0.15, -0.1) is 0 Å². The molecule has 0 aliphatic carbocycles. The van der Waals surface area contributed by atoms with E-state index in [-0.39, 0.29) is 17.4 Å². The van der Waals surface area contributed by atoms with Crippen molar-refractivity contribution in [2.75, 3.05) is 13.2 Å². The van der Waals surface area contributed by atoms with Gasteiger partial charge in [-0.1, -0.05) is 43.3 Å². The molecule has 0 amide bonds. The number of halogens is 2. The van der Waals surface area contributed by atoms with Crippen molar-refractivity contribution in [3.05, 3.63) is 65.7 Å². The summed E-state index contributed by atoms with van der Waals surface area (Å²) >= 11 is 0. The lowest BCUT2D eigenvalue weighted by Gasteiger charge is -2.28. The van der Waals surface area contributed by atoms with Gasteiger partial charge < -0.3 is 9.47 Å². The zero-order valence-electron chi connectivity index (χ0n) is 15.9. The monoisotopic (exact) mass is 372 g/mol. The highest BCUT2D eigenvalue weighted by Gasteiger charge is 2.22. The second-order valence-electron chi connectivity index (χ2n) is 6.79. The van der Waals surface area contributed by atoms with Crippen LogP contribution in [-0.4, -0.2) is 13.2 Å². The van der Waals surface area contributed by atoms with Crippen molar-refractivity contribution in [2.24, 2.45) is 5.92 Å². The Bertz CT molecular complexity index is 776. The second kappa shape index (κ2) is 9.14. The van der Waals surface area contributed by atoms with Gasteiger partial charge >= 0.3 is 0 Å². The van der Waals surface area contributed by atoms with Gasteiger partial charge in [-0.05, 0) is 49.4 Å². The molecule has 0 spiro atoms. The molecule has 0 N–H and O–H groups in total. The Hall–Kier alpha value is -2.20. The fraction of sp³-hybridized carbons (Fsp3) is 0.391. The highest BCUT2D eigenvalue weighted by Crippen LogP contribution is 2.34. The van der Waals surface area contributed by atoms with Crippen LogP contribution in [0.2, 0.25) is 0 Å². The molecule has 1 aliphatic heterocycles. The third-order valence-electron chi connectivity index (χ3n) is 4.90. The molecule has 2 aromatic carbocycles. The maximum Gasteiger partial charge on any atom is 0.201 e. The van der Waals surface area contributed by atoms with E-state index in [4.69, 9.17) is 9.47 Å². The van der Waals surface area contributed by atoms with Crippen LogP contribution < -0.4 is 4.74 Å². The Kier molecular flexibility index (Phi) is 6.62. The Morgan fingerprint density at radius 1 is 1.04 bits per heavy atom. The van der Waals surface area contributed by atoms with Crippen LogP contribution in [0.4, 0.5) is 8.78 Å². The summed E-state index contributed by atoms with van der Waals surface area (Å²) in [4.78, 5) is 0. The molecule has 0 aromatic heterocycles. The Morgan fingerprint density at radius 2 is 1.81 bits per heavy atom. The van der Waals surface area contributed by atoms with Gasteiger partial charge in [-0.25, -0.2) is 4.39 Å². The van der Waals surface area contributed by atoms with Crippen molar-refractivity contribution in [3.63, 3.8) is 0 Å². The summed E-state index contributed by atoms with van der Waals surface area (Å²) in [5.74, 6) is -1.40. The van der Waals surface area contributed by atoms with Gasteiger partial charge in [0, 0.05) is 11.5 Å². The molecule has 3 rings (SSSR count). The summed E-state index contributed by atoms with van der Waals surface area (Å²) in [5.41, 5.74) is 1.94. The molecular weight excluding hydrogens is 346 g/mol. The molecule has 4 heteroatoms. The molecule has 0 bridgehead atoms. The molecule has 0 radical (unpaired) electrons. The van der Waals surface area contributed by atoms with E-state index in [2.05, 4.69) is 19.1 Å². The first-order chi connectivity index (χ1) is 13.1. The first-order valence-electron chi connectivity index (χ1n) is 9.63. The normalized spacial score (nSPS) is 20.1. The summed E-state index contributed by atoms with van der Waals surface area (Å²) in [5, 5.41) is 0. The number of rotatable bonds is 6. The van der Waals surface area contributed by atoms with E-state index in [0.29, 0.717) is 18.1 Å². The highest BCUT2D eigenvalue weighted by atomic mass is 19.2. The average Bonchev–Trinajstić information content (AvgIpc) is 2.71. The predicted molar refractivity (Wildman–Crippen MR) is 104 cm³/mol. The smallest absolute Gasteiger partial charge is 0.201 e. The maximum absolute atomic E-state index is 14.4. The van der Waals surface area contributed by atoms with Gasteiger partial charge in [0.2, 0.25) is 5.82 Å². The summed E-state index contributed by atoms with van der Waals surface area (Å²) in [7, 11) is 0. The van der Waals surface area contributed by atoms with Crippen LogP contribution in [0.3, 0.4) is 0 Å². The van der Waals surface area contributed by atoms with E-state index in [9.17, 15) is 8.78 Å². The topological polar surface area (TPSA) is 18.5 Å². The van der Waals surface area contributed by atoms with Gasteiger partial charge in [0.1, 0.15) is 0 Å². The van der Waals surface area contributed by atoms with Gasteiger partial charge in [0.15, 0.2) is 11.6 Å². The largest absolute Gasteiger partial charge is 0.491 e. The third-order valence-corrected chi connectivity index (χ3v) is 4.90. The van der Waals surface area contributed by atoms with Crippen molar-refractivity contribution < 1.29 is 18.3 Å². The predicted octanol–water partition coefficient (Wildman–Crippen LogP) is 6.46. The molecule has 2 nitrogen and oxygen atoms in total. The third kappa shape index (κ3) is 4.56. The Balaban J connectivity index is 1.71. The molecule has 27 heavy (non-hydrogen) atoms. The molecule has 144 valence electrons. The lowest BCUT2D eigenvalue weighted by Crippen LogP contribution is -2.19. The van der Waals surface area contributed by atoms with Crippen LogP contribution in [0.25, 0.3) is 11.1 Å². The molecule has 1 saturated heterocycles. The summed E-state index contributed by atoms with van der Waals surface area (Å²) in [6, 6.07) is 10.5. The van der Waals surface area contributed by atoms with Gasteiger partial charge in [0.05, 0.1) is 19.3 Å². The molecule has 2 atom stereocenters. The molecule has 2 aromatic rings. The number of allylic oxidation sites excluding steroid dienone is 1. The van der Waals surface area contributed by atoms with Crippen molar-refractivity contribution in [1.82, 2.24) is 0 Å². The lowest BCUT2D eigenvalue weighted by atomic mass is 9.93. The molecule has 1 aliphatic rings. The van der Waals surface area contributed by atoms with E-state index in [1.807, 2.05) is 24.3 Å². The van der Waals surface area contributed by atoms with E-state index in [0.717, 1.165) is 31.4 Å². The minimum Gasteiger partial charge on any atom is -0.491 e. The average molecular weight is 372 g/mol. The van der Waals surface area contributed by atoms with Gasteiger partial charge in [-0.3, -0.25) is 0 Å². The van der Waals surface area contributed by atoms with Crippen molar-refractivity contribution in [1.29, 1.82) is 0 Å². The van der Waals surface area contributed by atoms with E-state index in [1.54, 1.807) is 13.0 Å². The maximum atomic E-state index is 14.4. The number of hydrogen-bond donors (Lipinski definition) is 0. The minimum atomic E-state index is -0.944. The lowest BCUT2D eigenvalue weighted by molar-refractivity contribution is -0.00526. The van der Waals surface area contributed by atoms with Gasteiger partial charge in [-0.2, -0.15) is 4.39 Å². The first-order valence-corrected chi connectivity index (χ1v) is 9.63. The zero-order chi connectivity index (χ0) is 19.2. The van der Waals surface area contributed by atoms with E-state index >= 15 is 0 Å². The second-order valence-corrected chi connectivity index (χ2v) is 6.79. The Morgan fingerprint density at radius 3 is 2.44 bits per heavy atom. The van der Waals surface area contributed by atoms with Crippen molar-refractivity contribution in [3.8, 4) is 16.9 Å². The molecular formula is C23H26F2O2. The molecule has 1 unspecified atom stereocenters. The van der Waals surface area contributed by atoms with Gasteiger partial charge in [0.25, 0.3) is 0 Å². The summed E-state index contributed by atoms with van der Waals surface area (Å²) in [6.07, 6.45) is 7.60. The van der Waals surface area contributed by atoms with Crippen LogP contribution in [-0.2, 0) is 4.74 Å². The first kappa shape index (κ1) is 19.6. The number of benzene rings is 2. The summed E-state index contributed by atoms with van der Waals surface area (Å²) < 4.78 is 39.6. The fourth-order valence-electron chi connectivity index (χ4n) is 3.41. The van der Waals surface area contributed by atoms with Crippen LogP contribution in [0.15, 0.2) is 48.6 Å². The molecule has 1 heterocycles. The minimum absolute atomic E-state index is 0.0577. The number of hydrogen-bond acceptors (Lipinski definition) is 2. The Labute approximate surface area is 159 Å².